The summed E-state index contributed by atoms with van der Waals surface area (Å²) in [7, 11) is 0. The van der Waals surface area contributed by atoms with Crippen molar-refractivity contribution < 1.29 is 4.39 Å². The number of benzene rings is 1. The Kier molecular flexibility index (Phi) is 3.66. The second kappa shape index (κ2) is 5.02. The lowest BCUT2D eigenvalue weighted by atomic mass is 10.1. The number of rotatable bonds is 2. The molecule has 1 atom stereocenters. The van der Waals surface area contributed by atoms with Crippen LogP contribution >= 0.6 is 11.6 Å². The molecule has 1 aliphatic rings. The van der Waals surface area contributed by atoms with Crippen LogP contribution in [0.4, 0.5) is 10.1 Å². The van der Waals surface area contributed by atoms with Crippen LogP contribution in [-0.4, -0.2) is 25.7 Å². The van der Waals surface area contributed by atoms with Gasteiger partial charge in [0.15, 0.2) is 0 Å². The summed E-state index contributed by atoms with van der Waals surface area (Å²) in [6.07, 6.45) is 0. The molecule has 1 saturated heterocycles. The summed E-state index contributed by atoms with van der Waals surface area (Å²) in [5.41, 5.74) is 1.64. The van der Waals surface area contributed by atoms with Gasteiger partial charge in [-0.2, -0.15) is 0 Å². The molecule has 1 fully saturated rings. The number of piperazine rings is 1. The molecule has 1 N–H and O–H groups in total. The van der Waals surface area contributed by atoms with Gasteiger partial charge in [-0.15, -0.1) is 0 Å². The van der Waals surface area contributed by atoms with Crippen LogP contribution in [0.25, 0.3) is 0 Å². The van der Waals surface area contributed by atoms with Crippen molar-refractivity contribution in [1.82, 2.24) is 5.32 Å². The van der Waals surface area contributed by atoms with Gasteiger partial charge >= 0.3 is 0 Å². The van der Waals surface area contributed by atoms with Gasteiger partial charge in [0.2, 0.25) is 0 Å². The van der Waals surface area contributed by atoms with Crippen LogP contribution in [0.1, 0.15) is 12.5 Å². The van der Waals surface area contributed by atoms with Crippen molar-refractivity contribution in [1.29, 1.82) is 0 Å². The molecule has 4 heteroatoms. The maximum Gasteiger partial charge on any atom is 0.116 e. The lowest BCUT2D eigenvalue weighted by Crippen LogP contribution is -2.49. The molecular formula is C12H16ClFN2. The highest BCUT2D eigenvalue weighted by Crippen LogP contribution is 2.25. The second-order valence-corrected chi connectivity index (χ2v) is 4.56. The van der Waals surface area contributed by atoms with Crippen LogP contribution in [0.3, 0.4) is 0 Å². The Morgan fingerprint density at radius 3 is 3.06 bits per heavy atom. The van der Waals surface area contributed by atoms with E-state index in [2.05, 4.69) is 17.1 Å². The van der Waals surface area contributed by atoms with Crippen molar-refractivity contribution in [3.05, 3.63) is 28.8 Å². The van der Waals surface area contributed by atoms with E-state index < -0.39 is 6.67 Å². The van der Waals surface area contributed by atoms with Crippen molar-refractivity contribution in [3.8, 4) is 0 Å². The first-order chi connectivity index (χ1) is 7.72. The van der Waals surface area contributed by atoms with E-state index in [1.54, 1.807) is 6.07 Å². The molecule has 1 aliphatic heterocycles. The molecule has 2 nitrogen and oxygen atoms in total. The van der Waals surface area contributed by atoms with E-state index in [-0.39, 0.29) is 0 Å². The Morgan fingerprint density at radius 2 is 2.38 bits per heavy atom. The summed E-state index contributed by atoms with van der Waals surface area (Å²) >= 11 is 5.90. The molecule has 0 aromatic heterocycles. The average molecular weight is 243 g/mol. The van der Waals surface area contributed by atoms with Crippen molar-refractivity contribution >= 4 is 17.3 Å². The van der Waals surface area contributed by atoms with Crippen molar-refractivity contribution in [2.75, 3.05) is 24.5 Å². The normalized spacial score (nSPS) is 21.2. The fourth-order valence-electron chi connectivity index (χ4n) is 2.07. The molecule has 0 bridgehead atoms. The van der Waals surface area contributed by atoms with Gasteiger partial charge in [0.05, 0.1) is 0 Å². The topological polar surface area (TPSA) is 15.3 Å². The fourth-order valence-corrected chi connectivity index (χ4v) is 2.23. The largest absolute Gasteiger partial charge is 0.366 e. The van der Waals surface area contributed by atoms with Gasteiger partial charge in [-0.05, 0) is 25.1 Å². The SMILES string of the molecule is C[C@H]1CNCCN1c1ccc(Cl)c(CF)c1. The maximum absolute atomic E-state index is 12.7. The first kappa shape index (κ1) is 11.7. The van der Waals surface area contributed by atoms with E-state index in [0.29, 0.717) is 16.6 Å². The molecular weight excluding hydrogens is 227 g/mol. The first-order valence-corrected chi connectivity index (χ1v) is 5.92. The Balaban J connectivity index is 2.25. The highest BCUT2D eigenvalue weighted by atomic mass is 35.5. The standard InChI is InChI=1S/C12H16ClFN2/c1-9-8-15-4-5-16(9)11-2-3-12(13)10(6-11)7-14/h2-3,6,9,15H,4-5,7-8H2,1H3/t9-/m0/s1. The van der Waals surface area contributed by atoms with Crippen LogP contribution in [0.15, 0.2) is 18.2 Å². The minimum atomic E-state index is -0.507. The molecule has 0 saturated carbocycles. The Hall–Kier alpha value is -0.800. The molecule has 16 heavy (non-hydrogen) atoms. The average Bonchev–Trinajstić information content (AvgIpc) is 2.31. The number of halogens is 2. The number of anilines is 1. The first-order valence-electron chi connectivity index (χ1n) is 5.54. The third-order valence-electron chi connectivity index (χ3n) is 3.01. The molecule has 0 aliphatic carbocycles. The zero-order valence-electron chi connectivity index (χ0n) is 9.34. The van der Waals surface area contributed by atoms with Crippen LogP contribution in [0.2, 0.25) is 5.02 Å². The summed E-state index contributed by atoms with van der Waals surface area (Å²) in [5, 5.41) is 3.84. The Morgan fingerprint density at radius 1 is 1.56 bits per heavy atom. The van der Waals surface area contributed by atoms with Crippen molar-refractivity contribution in [2.45, 2.75) is 19.6 Å². The van der Waals surface area contributed by atoms with E-state index in [1.165, 1.54) is 0 Å². The summed E-state index contributed by atoms with van der Waals surface area (Å²) in [5.74, 6) is 0. The smallest absolute Gasteiger partial charge is 0.116 e. The molecule has 1 aromatic carbocycles. The zero-order chi connectivity index (χ0) is 11.5. The van der Waals surface area contributed by atoms with Crippen LogP contribution in [0.5, 0.6) is 0 Å². The highest BCUT2D eigenvalue weighted by Gasteiger charge is 2.18. The van der Waals surface area contributed by atoms with Gasteiger partial charge in [-0.3, -0.25) is 0 Å². The maximum atomic E-state index is 12.7. The predicted molar refractivity (Wildman–Crippen MR) is 65.9 cm³/mol. The summed E-state index contributed by atoms with van der Waals surface area (Å²) in [6.45, 7) is 4.54. The predicted octanol–water partition coefficient (Wildman–Crippen LogP) is 2.61. The van der Waals surface area contributed by atoms with Gasteiger partial charge in [0, 0.05) is 41.9 Å². The third kappa shape index (κ3) is 2.30. The van der Waals surface area contributed by atoms with Gasteiger partial charge in [-0.25, -0.2) is 4.39 Å². The number of nitrogens with one attached hydrogen (secondary N) is 1. The highest BCUT2D eigenvalue weighted by molar-refractivity contribution is 6.31. The zero-order valence-corrected chi connectivity index (χ0v) is 10.1. The summed E-state index contributed by atoms with van der Waals surface area (Å²) < 4.78 is 12.7. The molecule has 0 unspecified atom stereocenters. The van der Waals surface area contributed by atoms with Gasteiger partial charge in [-0.1, -0.05) is 11.6 Å². The number of hydrogen-bond donors (Lipinski definition) is 1. The van der Waals surface area contributed by atoms with E-state index in [0.717, 1.165) is 25.3 Å². The third-order valence-corrected chi connectivity index (χ3v) is 3.37. The van der Waals surface area contributed by atoms with E-state index in [4.69, 9.17) is 11.6 Å². The molecule has 0 amide bonds. The number of hydrogen-bond acceptors (Lipinski definition) is 2. The van der Waals surface area contributed by atoms with Crippen molar-refractivity contribution in [3.63, 3.8) is 0 Å². The molecule has 1 aromatic rings. The van der Waals surface area contributed by atoms with Gasteiger partial charge in [0.25, 0.3) is 0 Å². The molecule has 0 spiro atoms. The van der Waals surface area contributed by atoms with Crippen LogP contribution < -0.4 is 10.2 Å². The lowest BCUT2D eigenvalue weighted by Gasteiger charge is -2.36. The number of nitrogens with zero attached hydrogens (tertiary/aromatic N) is 1. The minimum absolute atomic E-state index is 0.433. The monoisotopic (exact) mass is 242 g/mol. The van der Waals surface area contributed by atoms with E-state index in [9.17, 15) is 4.39 Å². The fraction of sp³-hybridized carbons (Fsp3) is 0.500. The van der Waals surface area contributed by atoms with E-state index >= 15 is 0 Å². The Labute approximate surface area is 100 Å². The summed E-state index contributed by atoms with van der Waals surface area (Å²) in [6, 6.07) is 6.02. The van der Waals surface area contributed by atoms with Crippen LogP contribution in [-0.2, 0) is 6.67 Å². The minimum Gasteiger partial charge on any atom is -0.366 e. The molecule has 1 heterocycles. The molecule has 0 radical (unpaired) electrons. The van der Waals surface area contributed by atoms with E-state index in [1.807, 2.05) is 12.1 Å². The Bertz CT molecular complexity index is 370. The van der Waals surface area contributed by atoms with Crippen LogP contribution in [0, 0.1) is 0 Å². The second-order valence-electron chi connectivity index (χ2n) is 4.16. The van der Waals surface area contributed by atoms with Gasteiger partial charge < -0.3 is 10.2 Å². The summed E-state index contributed by atoms with van der Waals surface area (Å²) in [4.78, 5) is 2.28. The quantitative estimate of drug-likeness (QED) is 0.858. The van der Waals surface area contributed by atoms with Gasteiger partial charge in [0.1, 0.15) is 6.67 Å². The van der Waals surface area contributed by atoms with Crippen molar-refractivity contribution in [2.24, 2.45) is 0 Å². The molecule has 2 rings (SSSR count). The number of alkyl halides is 1. The molecule has 88 valence electrons. The lowest BCUT2D eigenvalue weighted by molar-refractivity contribution is 0.483.